The average Bonchev–Trinajstić information content (AvgIpc) is 2.71. The number of hydrogen-bond donors (Lipinski definition) is 2. The van der Waals surface area contributed by atoms with Crippen molar-refractivity contribution in [2.24, 2.45) is 0 Å². The first-order valence-corrected chi connectivity index (χ1v) is 7.28. The number of fused-ring (bicyclic) bond motifs is 1. The number of halogens is 1. The van der Waals surface area contributed by atoms with Crippen molar-refractivity contribution in [1.82, 2.24) is 10.2 Å². The van der Waals surface area contributed by atoms with Crippen LogP contribution in [-0.4, -0.2) is 21.4 Å². The van der Waals surface area contributed by atoms with Crippen LogP contribution in [0, 0.1) is 12.7 Å². The van der Waals surface area contributed by atoms with E-state index in [9.17, 15) is 9.18 Å². The summed E-state index contributed by atoms with van der Waals surface area (Å²) < 4.78 is 14.1. The maximum atomic E-state index is 14.1. The zero-order chi connectivity index (χ0) is 14.3. The largest absolute Gasteiger partial charge is 0.308 e. The molecule has 20 heavy (non-hydrogen) atoms. The highest BCUT2D eigenvalue weighted by Crippen LogP contribution is 2.45. The molecule has 2 heterocycles. The van der Waals surface area contributed by atoms with Crippen LogP contribution >= 0.6 is 11.8 Å². The van der Waals surface area contributed by atoms with Crippen LogP contribution in [0.3, 0.4) is 0 Å². The first-order valence-electron chi connectivity index (χ1n) is 6.33. The van der Waals surface area contributed by atoms with E-state index >= 15 is 0 Å². The lowest BCUT2D eigenvalue weighted by Gasteiger charge is -2.18. The van der Waals surface area contributed by atoms with Gasteiger partial charge in [-0.3, -0.25) is 9.89 Å². The standard InChI is InChI=1S/C14H14FN3OS/c1-7-11-12(9-5-3-4-6-10(9)15)20-8(2)14(19)16-13(11)18-17-7/h3-6,8,12H,1-2H3,(H2,16,17,18,19)/t8-,12+/m0/s1. The van der Waals surface area contributed by atoms with Crippen LogP contribution in [0.15, 0.2) is 24.3 Å². The van der Waals surface area contributed by atoms with Crippen molar-refractivity contribution in [3.8, 4) is 0 Å². The summed E-state index contributed by atoms with van der Waals surface area (Å²) in [6.45, 7) is 3.70. The fourth-order valence-electron chi connectivity index (χ4n) is 2.32. The Kier molecular flexibility index (Phi) is 3.25. The van der Waals surface area contributed by atoms with Crippen molar-refractivity contribution in [3.63, 3.8) is 0 Å². The van der Waals surface area contributed by atoms with Gasteiger partial charge in [0.25, 0.3) is 0 Å². The first kappa shape index (κ1) is 13.2. The molecule has 2 aromatic rings. The summed E-state index contributed by atoms with van der Waals surface area (Å²) in [5.74, 6) is 0.122. The highest BCUT2D eigenvalue weighted by Gasteiger charge is 2.33. The Morgan fingerprint density at radius 1 is 1.35 bits per heavy atom. The molecule has 4 nitrogen and oxygen atoms in total. The number of aryl methyl sites for hydroxylation is 1. The number of thioether (sulfide) groups is 1. The van der Waals surface area contributed by atoms with E-state index in [1.807, 2.05) is 13.8 Å². The van der Waals surface area contributed by atoms with Gasteiger partial charge in [0.1, 0.15) is 5.82 Å². The van der Waals surface area contributed by atoms with Gasteiger partial charge in [-0.1, -0.05) is 18.2 Å². The van der Waals surface area contributed by atoms with Gasteiger partial charge in [0.2, 0.25) is 5.91 Å². The molecule has 0 fully saturated rings. The van der Waals surface area contributed by atoms with E-state index in [0.29, 0.717) is 11.4 Å². The Morgan fingerprint density at radius 2 is 2.10 bits per heavy atom. The number of rotatable bonds is 1. The fraction of sp³-hybridized carbons (Fsp3) is 0.286. The van der Waals surface area contributed by atoms with Crippen LogP contribution in [0.2, 0.25) is 0 Å². The van der Waals surface area contributed by atoms with Gasteiger partial charge in [-0.2, -0.15) is 5.10 Å². The molecule has 2 N–H and O–H groups in total. The summed E-state index contributed by atoms with van der Waals surface area (Å²) in [6.07, 6.45) is 0. The molecule has 1 amide bonds. The number of amides is 1. The highest BCUT2D eigenvalue weighted by molar-refractivity contribution is 8.01. The van der Waals surface area contributed by atoms with Crippen molar-refractivity contribution >= 4 is 23.5 Å². The molecule has 0 saturated heterocycles. The molecule has 1 aromatic carbocycles. The van der Waals surface area contributed by atoms with Gasteiger partial charge in [0, 0.05) is 16.8 Å². The molecule has 0 bridgehead atoms. The summed E-state index contributed by atoms with van der Waals surface area (Å²) in [5, 5.41) is 9.24. The SMILES string of the molecule is Cc1[nH]nc2c1[C@@H](c1ccccc1F)S[C@@H](C)C(=O)N2. The summed E-state index contributed by atoms with van der Waals surface area (Å²) >= 11 is 1.43. The van der Waals surface area contributed by atoms with E-state index in [-0.39, 0.29) is 22.2 Å². The average molecular weight is 291 g/mol. The van der Waals surface area contributed by atoms with E-state index in [1.54, 1.807) is 18.2 Å². The molecule has 0 saturated carbocycles. The number of aromatic nitrogens is 2. The zero-order valence-corrected chi connectivity index (χ0v) is 11.9. The van der Waals surface area contributed by atoms with Crippen LogP contribution in [-0.2, 0) is 4.79 Å². The van der Waals surface area contributed by atoms with Crippen LogP contribution in [0.4, 0.5) is 10.2 Å². The molecule has 0 unspecified atom stereocenters. The molecule has 0 spiro atoms. The van der Waals surface area contributed by atoms with E-state index in [0.717, 1.165) is 11.3 Å². The molecule has 6 heteroatoms. The van der Waals surface area contributed by atoms with Gasteiger partial charge in [-0.05, 0) is 19.9 Å². The third kappa shape index (κ3) is 2.10. The van der Waals surface area contributed by atoms with Crippen LogP contribution < -0.4 is 5.32 Å². The van der Waals surface area contributed by atoms with Crippen molar-refractivity contribution in [3.05, 3.63) is 46.9 Å². The molecule has 0 radical (unpaired) electrons. The molecular weight excluding hydrogens is 277 g/mol. The van der Waals surface area contributed by atoms with E-state index in [4.69, 9.17) is 0 Å². The number of nitrogens with zero attached hydrogens (tertiary/aromatic N) is 1. The smallest absolute Gasteiger partial charge is 0.238 e. The number of carbonyl (C=O) groups is 1. The maximum absolute atomic E-state index is 14.1. The van der Waals surface area contributed by atoms with Crippen molar-refractivity contribution in [2.75, 3.05) is 5.32 Å². The van der Waals surface area contributed by atoms with Gasteiger partial charge in [-0.25, -0.2) is 4.39 Å². The number of carbonyl (C=O) groups excluding carboxylic acids is 1. The molecule has 1 aromatic heterocycles. The minimum atomic E-state index is -0.270. The molecule has 1 aliphatic rings. The number of benzene rings is 1. The molecule has 0 aliphatic carbocycles. The summed E-state index contributed by atoms with van der Waals surface area (Å²) in [5.41, 5.74) is 2.26. The predicted octanol–water partition coefficient (Wildman–Crippen LogP) is 3.02. The predicted molar refractivity (Wildman–Crippen MR) is 77.3 cm³/mol. The second-order valence-electron chi connectivity index (χ2n) is 4.78. The van der Waals surface area contributed by atoms with Gasteiger partial charge in [0.05, 0.1) is 10.5 Å². The minimum Gasteiger partial charge on any atom is -0.308 e. The highest BCUT2D eigenvalue weighted by atomic mass is 32.2. The second-order valence-corrected chi connectivity index (χ2v) is 6.23. The molecular formula is C14H14FN3OS. The normalized spacial score (nSPS) is 22.1. The van der Waals surface area contributed by atoms with Gasteiger partial charge in [-0.15, -0.1) is 11.8 Å². The Morgan fingerprint density at radius 3 is 2.85 bits per heavy atom. The van der Waals surface area contributed by atoms with Crippen molar-refractivity contribution in [1.29, 1.82) is 0 Å². The van der Waals surface area contributed by atoms with Crippen LogP contribution in [0.1, 0.15) is 29.0 Å². The lowest BCUT2D eigenvalue weighted by molar-refractivity contribution is -0.115. The van der Waals surface area contributed by atoms with Crippen LogP contribution in [0.25, 0.3) is 0 Å². The summed E-state index contributed by atoms with van der Waals surface area (Å²) in [6, 6.07) is 6.66. The Hall–Kier alpha value is -1.82. The zero-order valence-electron chi connectivity index (χ0n) is 11.1. The minimum absolute atomic E-state index is 0.110. The number of anilines is 1. The van der Waals surface area contributed by atoms with Crippen LogP contribution in [0.5, 0.6) is 0 Å². The van der Waals surface area contributed by atoms with Crippen molar-refractivity contribution in [2.45, 2.75) is 24.3 Å². The Bertz CT molecular complexity index is 670. The van der Waals surface area contributed by atoms with E-state index < -0.39 is 0 Å². The lowest BCUT2D eigenvalue weighted by Crippen LogP contribution is -2.21. The number of aromatic amines is 1. The quantitative estimate of drug-likeness (QED) is 0.849. The number of nitrogens with one attached hydrogen (secondary N) is 2. The van der Waals surface area contributed by atoms with E-state index in [1.165, 1.54) is 17.8 Å². The Balaban J connectivity index is 2.16. The third-order valence-electron chi connectivity index (χ3n) is 3.40. The third-order valence-corrected chi connectivity index (χ3v) is 4.78. The summed E-state index contributed by atoms with van der Waals surface area (Å²) in [4.78, 5) is 12.0. The first-order chi connectivity index (χ1) is 9.58. The van der Waals surface area contributed by atoms with Gasteiger partial charge >= 0.3 is 0 Å². The fourth-order valence-corrected chi connectivity index (χ4v) is 3.68. The maximum Gasteiger partial charge on any atom is 0.238 e. The Labute approximate surface area is 120 Å². The molecule has 3 rings (SSSR count). The number of hydrogen-bond acceptors (Lipinski definition) is 3. The van der Waals surface area contributed by atoms with Gasteiger partial charge in [0.15, 0.2) is 5.82 Å². The van der Waals surface area contributed by atoms with E-state index in [2.05, 4.69) is 15.5 Å². The lowest BCUT2D eigenvalue weighted by atomic mass is 10.0. The second kappa shape index (κ2) is 4.94. The van der Waals surface area contributed by atoms with Gasteiger partial charge < -0.3 is 5.32 Å². The molecule has 104 valence electrons. The van der Waals surface area contributed by atoms with Crippen molar-refractivity contribution < 1.29 is 9.18 Å². The monoisotopic (exact) mass is 291 g/mol. The molecule has 1 aliphatic heterocycles. The number of H-pyrrole nitrogens is 1. The molecule has 2 atom stereocenters. The summed E-state index contributed by atoms with van der Waals surface area (Å²) in [7, 11) is 0. The topological polar surface area (TPSA) is 57.8 Å².